The fraction of sp³-hybridized carbons (Fsp3) is 0.923. The first-order chi connectivity index (χ1) is 7.76. The second-order valence-electron chi connectivity index (χ2n) is 5.17. The number of ether oxygens (including phenoxy) is 1. The molecule has 2 aliphatic rings. The number of fused-ring (bicyclic) bond motifs is 1. The molecule has 0 bridgehead atoms. The maximum absolute atomic E-state index is 11.7. The Kier molecular flexibility index (Phi) is 3.85. The lowest BCUT2D eigenvalue weighted by Crippen LogP contribution is -2.46. The molecule has 0 aromatic rings. The number of nitrogens with zero attached hydrogens (tertiary/aromatic N) is 1. The lowest BCUT2D eigenvalue weighted by Gasteiger charge is -2.44. The molecule has 1 saturated heterocycles. The van der Waals surface area contributed by atoms with E-state index in [1.165, 1.54) is 32.9 Å². The average molecular weight is 225 g/mol. The predicted molar refractivity (Wildman–Crippen MR) is 63.1 cm³/mol. The van der Waals surface area contributed by atoms with E-state index in [0.717, 1.165) is 25.4 Å². The number of likely N-dealkylation sites (tertiary alicyclic amines) is 1. The zero-order chi connectivity index (χ0) is 11.5. The van der Waals surface area contributed by atoms with Gasteiger partial charge in [0.05, 0.1) is 13.0 Å². The summed E-state index contributed by atoms with van der Waals surface area (Å²) in [6, 6.07) is 0. The van der Waals surface area contributed by atoms with Crippen LogP contribution < -0.4 is 0 Å². The normalized spacial score (nSPS) is 35.5. The van der Waals surface area contributed by atoms with Crippen LogP contribution in [0.5, 0.6) is 0 Å². The maximum Gasteiger partial charge on any atom is 0.308 e. The molecule has 1 heterocycles. The summed E-state index contributed by atoms with van der Waals surface area (Å²) in [6.45, 7) is 5.72. The third-order valence-corrected chi connectivity index (χ3v) is 4.43. The SMILES string of the molecule is CCN1CCC2C(CCCC2C(=O)OC)C1. The van der Waals surface area contributed by atoms with Gasteiger partial charge in [-0.05, 0) is 44.2 Å². The summed E-state index contributed by atoms with van der Waals surface area (Å²) < 4.78 is 4.94. The molecule has 16 heavy (non-hydrogen) atoms. The first-order valence-corrected chi connectivity index (χ1v) is 6.56. The van der Waals surface area contributed by atoms with E-state index in [1.54, 1.807) is 0 Å². The zero-order valence-corrected chi connectivity index (χ0v) is 10.4. The number of piperidine rings is 1. The van der Waals surface area contributed by atoms with Gasteiger partial charge < -0.3 is 9.64 Å². The van der Waals surface area contributed by atoms with Crippen molar-refractivity contribution in [3.05, 3.63) is 0 Å². The number of rotatable bonds is 2. The molecule has 1 saturated carbocycles. The maximum atomic E-state index is 11.7. The van der Waals surface area contributed by atoms with Gasteiger partial charge in [0.1, 0.15) is 0 Å². The third-order valence-electron chi connectivity index (χ3n) is 4.43. The van der Waals surface area contributed by atoms with Crippen molar-refractivity contribution < 1.29 is 9.53 Å². The Labute approximate surface area is 98.1 Å². The van der Waals surface area contributed by atoms with Crippen LogP contribution in [0.25, 0.3) is 0 Å². The summed E-state index contributed by atoms with van der Waals surface area (Å²) in [6.07, 6.45) is 4.71. The van der Waals surface area contributed by atoms with Gasteiger partial charge in [0.25, 0.3) is 0 Å². The molecule has 0 N–H and O–H groups in total. The van der Waals surface area contributed by atoms with E-state index in [-0.39, 0.29) is 11.9 Å². The molecular formula is C13H23NO2. The fourth-order valence-corrected chi connectivity index (χ4v) is 3.51. The largest absolute Gasteiger partial charge is 0.469 e. The van der Waals surface area contributed by atoms with Crippen molar-refractivity contribution in [1.29, 1.82) is 0 Å². The first-order valence-electron chi connectivity index (χ1n) is 6.56. The molecule has 0 radical (unpaired) electrons. The van der Waals surface area contributed by atoms with E-state index in [9.17, 15) is 4.79 Å². The highest BCUT2D eigenvalue weighted by Gasteiger charge is 2.40. The second kappa shape index (κ2) is 5.17. The van der Waals surface area contributed by atoms with Crippen LogP contribution in [-0.4, -0.2) is 37.6 Å². The molecule has 92 valence electrons. The van der Waals surface area contributed by atoms with Crippen LogP contribution >= 0.6 is 0 Å². The Hall–Kier alpha value is -0.570. The number of hydrogen-bond donors (Lipinski definition) is 0. The summed E-state index contributed by atoms with van der Waals surface area (Å²) in [5, 5.41) is 0. The topological polar surface area (TPSA) is 29.5 Å². The summed E-state index contributed by atoms with van der Waals surface area (Å²) >= 11 is 0. The molecule has 2 fully saturated rings. The smallest absolute Gasteiger partial charge is 0.308 e. The van der Waals surface area contributed by atoms with Gasteiger partial charge in [0.2, 0.25) is 0 Å². The van der Waals surface area contributed by atoms with Crippen LogP contribution in [0.3, 0.4) is 0 Å². The van der Waals surface area contributed by atoms with Crippen molar-refractivity contribution >= 4 is 5.97 Å². The van der Waals surface area contributed by atoms with Crippen molar-refractivity contribution in [3.8, 4) is 0 Å². The number of methoxy groups -OCH3 is 1. The van der Waals surface area contributed by atoms with E-state index in [1.807, 2.05) is 0 Å². The number of esters is 1. The fourth-order valence-electron chi connectivity index (χ4n) is 3.51. The number of carbonyl (C=O) groups is 1. The summed E-state index contributed by atoms with van der Waals surface area (Å²) in [5.74, 6) is 1.53. The van der Waals surface area contributed by atoms with Crippen molar-refractivity contribution in [1.82, 2.24) is 4.90 Å². The Morgan fingerprint density at radius 2 is 2.19 bits per heavy atom. The van der Waals surface area contributed by atoms with Gasteiger partial charge in [-0.15, -0.1) is 0 Å². The van der Waals surface area contributed by atoms with Crippen LogP contribution in [0.1, 0.15) is 32.6 Å². The van der Waals surface area contributed by atoms with Crippen molar-refractivity contribution in [2.75, 3.05) is 26.7 Å². The summed E-state index contributed by atoms with van der Waals surface area (Å²) in [7, 11) is 1.52. The minimum Gasteiger partial charge on any atom is -0.469 e. The molecule has 2 rings (SSSR count). The lowest BCUT2D eigenvalue weighted by atomic mass is 9.68. The first kappa shape index (κ1) is 11.9. The Morgan fingerprint density at radius 1 is 1.38 bits per heavy atom. The Morgan fingerprint density at radius 3 is 2.88 bits per heavy atom. The van der Waals surface area contributed by atoms with E-state index >= 15 is 0 Å². The standard InChI is InChI=1S/C13H23NO2/c1-3-14-8-7-11-10(9-14)5-4-6-12(11)13(15)16-2/h10-12H,3-9H2,1-2H3. The van der Waals surface area contributed by atoms with E-state index in [2.05, 4.69) is 11.8 Å². The van der Waals surface area contributed by atoms with Crippen molar-refractivity contribution in [2.45, 2.75) is 32.6 Å². The van der Waals surface area contributed by atoms with E-state index < -0.39 is 0 Å². The lowest BCUT2D eigenvalue weighted by molar-refractivity contribution is -0.151. The van der Waals surface area contributed by atoms with Crippen molar-refractivity contribution in [3.63, 3.8) is 0 Å². The molecule has 3 nitrogen and oxygen atoms in total. The van der Waals surface area contributed by atoms with Crippen LogP contribution in [-0.2, 0) is 9.53 Å². The highest BCUT2D eigenvalue weighted by Crippen LogP contribution is 2.40. The summed E-state index contributed by atoms with van der Waals surface area (Å²) in [4.78, 5) is 14.3. The van der Waals surface area contributed by atoms with E-state index in [0.29, 0.717) is 5.92 Å². The second-order valence-corrected chi connectivity index (χ2v) is 5.17. The molecule has 1 aliphatic heterocycles. The predicted octanol–water partition coefficient (Wildman–Crippen LogP) is 1.92. The minimum atomic E-state index is 0.0275. The molecule has 3 heteroatoms. The molecule has 1 aliphatic carbocycles. The number of carbonyl (C=O) groups excluding carboxylic acids is 1. The van der Waals surface area contributed by atoms with Gasteiger partial charge in [-0.2, -0.15) is 0 Å². The number of hydrogen-bond acceptors (Lipinski definition) is 3. The monoisotopic (exact) mass is 225 g/mol. The highest BCUT2D eigenvalue weighted by molar-refractivity contribution is 5.72. The van der Waals surface area contributed by atoms with Crippen LogP contribution in [0.15, 0.2) is 0 Å². The quantitative estimate of drug-likeness (QED) is 0.672. The minimum absolute atomic E-state index is 0.0275. The Bertz CT molecular complexity index is 254. The van der Waals surface area contributed by atoms with Gasteiger partial charge in [-0.1, -0.05) is 13.3 Å². The molecule has 3 unspecified atom stereocenters. The Balaban J connectivity index is 2.01. The molecule has 0 aromatic heterocycles. The molecule has 0 aromatic carbocycles. The van der Waals surface area contributed by atoms with Crippen LogP contribution in [0.2, 0.25) is 0 Å². The van der Waals surface area contributed by atoms with Gasteiger partial charge in [0, 0.05) is 6.54 Å². The average Bonchev–Trinajstić information content (AvgIpc) is 2.36. The van der Waals surface area contributed by atoms with Gasteiger partial charge in [-0.25, -0.2) is 0 Å². The van der Waals surface area contributed by atoms with E-state index in [4.69, 9.17) is 4.74 Å². The van der Waals surface area contributed by atoms with Crippen molar-refractivity contribution in [2.24, 2.45) is 17.8 Å². The highest BCUT2D eigenvalue weighted by atomic mass is 16.5. The van der Waals surface area contributed by atoms with Crippen LogP contribution in [0.4, 0.5) is 0 Å². The molecule has 3 atom stereocenters. The zero-order valence-electron chi connectivity index (χ0n) is 10.4. The molecule has 0 amide bonds. The molecule has 0 spiro atoms. The molecular weight excluding hydrogens is 202 g/mol. The van der Waals surface area contributed by atoms with Gasteiger partial charge >= 0.3 is 5.97 Å². The van der Waals surface area contributed by atoms with Gasteiger partial charge in [0.15, 0.2) is 0 Å². The summed E-state index contributed by atoms with van der Waals surface area (Å²) in [5.41, 5.74) is 0. The van der Waals surface area contributed by atoms with Gasteiger partial charge in [-0.3, -0.25) is 4.79 Å². The third kappa shape index (κ3) is 2.24. The van der Waals surface area contributed by atoms with Crippen LogP contribution in [0, 0.1) is 17.8 Å².